The van der Waals surface area contributed by atoms with Crippen LogP contribution >= 0.6 is 0 Å². The summed E-state index contributed by atoms with van der Waals surface area (Å²) in [4.78, 5) is 36.8. The van der Waals surface area contributed by atoms with E-state index in [1.165, 1.54) is 7.11 Å². The summed E-state index contributed by atoms with van der Waals surface area (Å²) in [6.45, 7) is 4.88. The lowest BCUT2D eigenvalue weighted by atomic mass is 10.1. The molecule has 0 bridgehead atoms. The first-order valence-corrected chi connectivity index (χ1v) is 12.5. The van der Waals surface area contributed by atoms with Crippen LogP contribution in [0.15, 0.2) is 67.0 Å². The second-order valence-electron chi connectivity index (χ2n) is 9.12. The molecule has 38 heavy (non-hydrogen) atoms. The quantitative estimate of drug-likeness (QED) is 0.343. The second kappa shape index (κ2) is 11.8. The second-order valence-corrected chi connectivity index (χ2v) is 9.12. The number of esters is 1. The number of carbonyl (C=O) groups is 1. The average molecular weight is 511 g/mol. The first-order chi connectivity index (χ1) is 18.6. The van der Waals surface area contributed by atoms with Crippen molar-refractivity contribution in [3.05, 3.63) is 89.6 Å². The SMILES string of the molecule is COC(=O)C1CNCCN1Cc1ccc(Cc2nccc(Nc3ccnc(-c4cccc(C)n4)n3)n2)cc1. The van der Waals surface area contributed by atoms with Gasteiger partial charge in [-0.3, -0.25) is 9.69 Å². The van der Waals surface area contributed by atoms with E-state index in [2.05, 4.69) is 64.7 Å². The van der Waals surface area contributed by atoms with Crippen LogP contribution in [0.5, 0.6) is 0 Å². The van der Waals surface area contributed by atoms with E-state index in [0.29, 0.717) is 42.8 Å². The molecule has 0 radical (unpaired) electrons. The molecule has 0 aliphatic carbocycles. The van der Waals surface area contributed by atoms with Crippen LogP contribution in [0.1, 0.15) is 22.6 Å². The number of piperazine rings is 1. The molecular weight excluding hydrogens is 480 g/mol. The van der Waals surface area contributed by atoms with Crippen LogP contribution in [0.2, 0.25) is 0 Å². The highest BCUT2D eigenvalue weighted by Crippen LogP contribution is 2.18. The van der Waals surface area contributed by atoms with Gasteiger partial charge in [0, 0.05) is 50.7 Å². The van der Waals surface area contributed by atoms with Crippen molar-refractivity contribution in [2.75, 3.05) is 32.1 Å². The normalized spacial score (nSPS) is 15.7. The molecule has 4 aromatic rings. The summed E-state index contributed by atoms with van der Waals surface area (Å²) in [5, 5.41) is 6.51. The van der Waals surface area contributed by atoms with E-state index in [0.717, 1.165) is 35.6 Å². The van der Waals surface area contributed by atoms with E-state index in [9.17, 15) is 4.79 Å². The van der Waals surface area contributed by atoms with Crippen LogP contribution in [0.4, 0.5) is 11.6 Å². The molecule has 1 aromatic carbocycles. The number of benzene rings is 1. The van der Waals surface area contributed by atoms with Crippen LogP contribution in [-0.4, -0.2) is 68.6 Å². The van der Waals surface area contributed by atoms with Crippen molar-refractivity contribution >= 4 is 17.6 Å². The molecule has 0 saturated carbocycles. The maximum absolute atomic E-state index is 12.1. The summed E-state index contributed by atoms with van der Waals surface area (Å²) < 4.78 is 4.97. The standard InChI is InChI=1S/C28H30N8O2/c1-19-4-3-5-22(32-19)27-31-13-11-25(35-27)33-24-10-12-30-26(34-24)16-20-6-8-21(9-7-20)18-36-15-14-29-17-23(36)28(37)38-2/h3-13,23,29H,14-18H2,1-2H3,(H,30,31,33,34,35). The summed E-state index contributed by atoms with van der Waals surface area (Å²) in [6.07, 6.45) is 4.03. The van der Waals surface area contributed by atoms with Gasteiger partial charge in [0.2, 0.25) is 0 Å². The largest absolute Gasteiger partial charge is 0.468 e. The lowest BCUT2D eigenvalue weighted by Crippen LogP contribution is -2.54. The van der Waals surface area contributed by atoms with Crippen molar-refractivity contribution in [1.82, 2.24) is 35.1 Å². The zero-order valence-electron chi connectivity index (χ0n) is 21.5. The van der Waals surface area contributed by atoms with Gasteiger partial charge in [-0.05, 0) is 42.3 Å². The van der Waals surface area contributed by atoms with E-state index in [4.69, 9.17) is 4.74 Å². The average Bonchev–Trinajstić information content (AvgIpc) is 2.94. The fourth-order valence-corrected chi connectivity index (χ4v) is 4.39. The molecule has 1 saturated heterocycles. The maximum atomic E-state index is 12.1. The molecule has 3 aromatic heterocycles. The number of hydrogen-bond acceptors (Lipinski definition) is 10. The van der Waals surface area contributed by atoms with Gasteiger partial charge in [0.1, 0.15) is 29.2 Å². The van der Waals surface area contributed by atoms with Crippen LogP contribution in [-0.2, 0) is 22.5 Å². The Hall–Kier alpha value is -4.28. The predicted molar refractivity (Wildman–Crippen MR) is 144 cm³/mol. The van der Waals surface area contributed by atoms with Gasteiger partial charge in [0.25, 0.3) is 0 Å². The molecule has 0 amide bonds. The molecule has 10 heteroatoms. The zero-order valence-corrected chi connectivity index (χ0v) is 21.5. The number of rotatable bonds is 8. The highest BCUT2D eigenvalue weighted by Gasteiger charge is 2.29. The van der Waals surface area contributed by atoms with Gasteiger partial charge in [0.15, 0.2) is 5.82 Å². The van der Waals surface area contributed by atoms with Crippen molar-refractivity contribution in [2.45, 2.75) is 25.9 Å². The molecule has 194 valence electrons. The van der Waals surface area contributed by atoms with Crippen molar-refractivity contribution < 1.29 is 9.53 Å². The zero-order chi connectivity index (χ0) is 26.3. The van der Waals surface area contributed by atoms with E-state index < -0.39 is 0 Å². The minimum Gasteiger partial charge on any atom is -0.468 e. The molecular formula is C28H30N8O2. The van der Waals surface area contributed by atoms with Gasteiger partial charge in [-0.2, -0.15) is 0 Å². The van der Waals surface area contributed by atoms with Crippen molar-refractivity contribution in [3.63, 3.8) is 0 Å². The molecule has 1 unspecified atom stereocenters. The predicted octanol–water partition coefficient (Wildman–Crippen LogP) is 2.92. The van der Waals surface area contributed by atoms with Gasteiger partial charge in [-0.15, -0.1) is 0 Å². The number of nitrogens with one attached hydrogen (secondary N) is 2. The Bertz CT molecular complexity index is 1400. The molecule has 0 spiro atoms. The molecule has 4 heterocycles. The van der Waals surface area contributed by atoms with E-state index in [1.54, 1.807) is 18.5 Å². The number of anilines is 2. The van der Waals surface area contributed by atoms with Gasteiger partial charge in [-0.25, -0.2) is 24.9 Å². The van der Waals surface area contributed by atoms with Gasteiger partial charge >= 0.3 is 5.97 Å². The van der Waals surface area contributed by atoms with Crippen LogP contribution in [0.25, 0.3) is 11.5 Å². The Morgan fingerprint density at radius 3 is 2.55 bits per heavy atom. The molecule has 10 nitrogen and oxygen atoms in total. The van der Waals surface area contributed by atoms with Crippen LogP contribution in [0.3, 0.4) is 0 Å². The number of nitrogens with zero attached hydrogens (tertiary/aromatic N) is 6. The number of methoxy groups -OCH3 is 1. The molecule has 5 rings (SSSR count). The van der Waals surface area contributed by atoms with Crippen molar-refractivity contribution in [2.24, 2.45) is 0 Å². The monoisotopic (exact) mass is 510 g/mol. The summed E-state index contributed by atoms with van der Waals surface area (Å²) in [5.41, 5.74) is 3.87. The summed E-state index contributed by atoms with van der Waals surface area (Å²) in [7, 11) is 1.43. The van der Waals surface area contributed by atoms with Gasteiger partial charge in [-0.1, -0.05) is 30.3 Å². The van der Waals surface area contributed by atoms with Crippen LogP contribution < -0.4 is 10.6 Å². The molecule has 1 atom stereocenters. The number of carbonyl (C=O) groups excluding carboxylic acids is 1. The fourth-order valence-electron chi connectivity index (χ4n) is 4.39. The fraction of sp³-hybridized carbons (Fsp3) is 0.286. The lowest BCUT2D eigenvalue weighted by Gasteiger charge is -2.34. The third-order valence-corrected chi connectivity index (χ3v) is 6.33. The Labute approximate surface area is 221 Å². The number of aromatic nitrogens is 5. The molecule has 1 aliphatic heterocycles. The topological polar surface area (TPSA) is 118 Å². The number of aryl methyl sites for hydroxylation is 1. The molecule has 1 fully saturated rings. The van der Waals surface area contributed by atoms with Crippen molar-refractivity contribution in [1.29, 1.82) is 0 Å². The smallest absolute Gasteiger partial charge is 0.324 e. The first kappa shape index (κ1) is 25.4. The maximum Gasteiger partial charge on any atom is 0.324 e. The third kappa shape index (κ3) is 6.34. The number of hydrogen-bond donors (Lipinski definition) is 2. The number of pyridine rings is 1. The van der Waals surface area contributed by atoms with E-state index >= 15 is 0 Å². The Morgan fingerprint density at radius 1 is 1.00 bits per heavy atom. The Kier molecular flexibility index (Phi) is 7.91. The summed E-state index contributed by atoms with van der Waals surface area (Å²) in [5.74, 6) is 2.33. The van der Waals surface area contributed by atoms with Gasteiger partial charge in [0.05, 0.1) is 7.11 Å². The molecule has 2 N–H and O–H groups in total. The van der Waals surface area contributed by atoms with Crippen molar-refractivity contribution in [3.8, 4) is 11.5 Å². The minimum atomic E-state index is -0.267. The summed E-state index contributed by atoms with van der Waals surface area (Å²) >= 11 is 0. The molecule has 1 aliphatic rings. The minimum absolute atomic E-state index is 0.204. The van der Waals surface area contributed by atoms with Crippen LogP contribution in [0, 0.1) is 6.92 Å². The Morgan fingerprint density at radius 2 is 1.76 bits per heavy atom. The van der Waals surface area contributed by atoms with E-state index in [1.807, 2.05) is 31.2 Å². The third-order valence-electron chi connectivity index (χ3n) is 6.33. The lowest BCUT2D eigenvalue weighted by molar-refractivity contribution is -0.147. The summed E-state index contributed by atoms with van der Waals surface area (Å²) in [6, 6.07) is 17.5. The first-order valence-electron chi connectivity index (χ1n) is 12.5. The highest BCUT2D eigenvalue weighted by atomic mass is 16.5. The highest BCUT2D eigenvalue weighted by molar-refractivity contribution is 5.76. The number of ether oxygens (including phenoxy) is 1. The van der Waals surface area contributed by atoms with Gasteiger partial charge < -0.3 is 15.4 Å². The Balaban J connectivity index is 1.23. The van der Waals surface area contributed by atoms with E-state index in [-0.39, 0.29) is 12.0 Å².